The highest BCUT2D eigenvalue weighted by atomic mass is 16.6. The van der Waals surface area contributed by atoms with Crippen molar-refractivity contribution < 1.29 is 14.9 Å². The Balaban J connectivity index is 2.93. The molecular weight excluding hydrogens is 262 g/mol. The molecule has 0 aliphatic heterocycles. The number of nitro groups is 1. The summed E-state index contributed by atoms with van der Waals surface area (Å²) < 4.78 is 5.50. The zero-order valence-electron chi connectivity index (χ0n) is 11.6. The van der Waals surface area contributed by atoms with Crippen LogP contribution in [-0.2, 0) is 0 Å². The molecule has 0 aromatic heterocycles. The molecule has 3 N–H and O–H groups in total. The van der Waals surface area contributed by atoms with Crippen molar-refractivity contribution in [1.82, 2.24) is 0 Å². The molecule has 7 nitrogen and oxygen atoms in total. The normalized spacial score (nSPS) is 13.0. The summed E-state index contributed by atoms with van der Waals surface area (Å²) in [5, 5.41) is 22.4. The highest BCUT2D eigenvalue weighted by molar-refractivity contribution is 5.97. The topological polar surface area (TPSA) is 111 Å². The van der Waals surface area contributed by atoms with Crippen molar-refractivity contribution in [3.05, 3.63) is 33.9 Å². The number of nitro benzene ring substituents is 1. The van der Waals surface area contributed by atoms with Gasteiger partial charge in [-0.1, -0.05) is 25.4 Å². The molecule has 0 aliphatic carbocycles. The van der Waals surface area contributed by atoms with Crippen molar-refractivity contribution in [3.63, 3.8) is 0 Å². The third kappa shape index (κ3) is 4.11. The summed E-state index contributed by atoms with van der Waals surface area (Å²) in [6.45, 7) is 4.52. The molecule has 0 saturated carbocycles. The minimum atomic E-state index is -0.548. The fourth-order valence-electron chi connectivity index (χ4n) is 1.81. The van der Waals surface area contributed by atoms with Gasteiger partial charge >= 0.3 is 5.69 Å². The van der Waals surface area contributed by atoms with Gasteiger partial charge in [0.2, 0.25) is 0 Å². The second-order valence-corrected chi connectivity index (χ2v) is 4.63. The number of nitrogens with zero attached hydrogens (tertiary/aromatic N) is 2. The predicted molar refractivity (Wildman–Crippen MR) is 75.2 cm³/mol. The molecular formula is C13H19N3O4. The van der Waals surface area contributed by atoms with E-state index in [4.69, 9.17) is 15.7 Å². The van der Waals surface area contributed by atoms with Gasteiger partial charge in [0.25, 0.3) is 0 Å². The van der Waals surface area contributed by atoms with E-state index in [1.807, 2.05) is 6.92 Å². The van der Waals surface area contributed by atoms with Crippen molar-refractivity contribution in [2.45, 2.75) is 26.7 Å². The maximum absolute atomic E-state index is 11.0. The highest BCUT2D eigenvalue weighted by Crippen LogP contribution is 2.28. The second kappa shape index (κ2) is 7.32. The fourth-order valence-corrected chi connectivity index (χ4v) is 1.81. The van der Waals surface area contributed by atoms with Crippen molar-refractivity contribution in [2.24, 2.45) is 16.8 Å². The molecule has 0 bridgehead atoms. The molecule has 1 aromatic carbocycles. The number of hydrogen-bond donors (Lipinski definition) is 2. The van der Waals surface area contributed by atoms with Crippen LogP contribution in [0.15, 0.2) is 23.4 Å². The van der Waals surface area contributed by atoms with E-state index in [1.54, 1.807) is 0 Å². The summed E-state index contributed by atoms with van der Waals surface area (Å²) in [6.07, 6.45) is 2.03. The van der Waals surface area contributed by atoms with Gasteiger partial charge in [-0.25, -0.2) is 0 Å². The summed E-state index contributed by atoms with van der Waals surface area (Å²) in [5.41, 5.74) is 5.49. The monoisotopic (exact) mass is 281 g/mol. The van der Waals surface area contributed by atoms with Crippen LogP contribution in [0.1, 0.15) is 32.3 Å². The fraction of sp³-hybridized carbons (Fsp3) is 0.462. The zero-order chi connectivity index (χ0) is 15.1. The molecule has 1 aromatic rings. The zero-order valence-corrected chi connectivity index (χ0v) is 11.6. The number of amidine groups is 1. The van der Waals surface area contributed by atoms with E-state index in [1.165, 1.54) is 18.2 Å². The van der Waals surface area contributed by atoms with Crippen LogP contribution < -0.4 is 10.5 Å². The largest absolute Gasteiger partial charge is 0.487 e. The lowest BCUT2D eigenvalue weighted by Crippen LogP contribution is -2.14. The maximum Gasteiger partial charge on any atom is 0.311 e. The van der Waals surface area contributed by atoms with E-state index in [0.717, 1.165) is 12.8 Å². The van der Waals surface area contributed by atoms with E-state index < -0.39 is 4.92 Å². The van der Waals surface area contributed by atoms with Crippen LogP contribution in [0.3, 0.4) is 0 Å². The first kappa shape index (κ1) is 15.7. The average molecular weight is 281 g/mol. The third-order valence-corrected chi connectivity index (χ3v) is 2.86. The van der Waals surface area contributed by atoms with Crippen LogP contribution in [0.25, 0.3) is 0 Å². The van der Waals surface area contributed by atoms with Crippen molar-refractivity contribution in [3.8, 4) is 5.75 Å². The summed E-state index contributed by atoms with van der Waals surface area (Å²) in [6, 6.07) is 4.21. The summed E-state index contributed by atoms with van der Waals surface area (Å²) in [4.78, 5) is 10.5. The van der Waals surface area contributed by atoms with Crippen LogP contribution in [0.5, 0.6) is 5.75 Å². The molecule has 0 heterocycles. The van der Waals surface area contributed by atoms with Gasteiger partial charge in [0.1, 0.15) is 0 Å². The van der Waals surface area contributed by atoms with Crippen molar-refractivity contribution in [2.75, 3.05) is 6.61 Å². The highest BCUT2D eigenvalue weighted by Gasteiger charge is 2.18. The number of oxime groups is 1. The van der Waals surface area contributed by atoms with Gasteiger partial charge in [0.15, 0.2) is 11.6 Å². The Bertz CT molecular complexity index is 502. The van der Waals surface area contributed by atoms with Gasteiger partial charge in [-0.05, 0) is 24.5 Å². The standard InChI is InChI=1S/C13H19N3O4/c1-3-4-9(2)8-20-12-6-5-10(13(14)15-17)7-11(12)16(18)19/h5-7,9,17H,3-4,8H2,1-2H3,(H2,14,15). The van der Waals surface area contributed by atoms with Crippen molar-refractivity contribution in [1.29, 1.82) is 0 Å². The third-order valence-electron chi connectivity index (χ3n) is 2.86. The predicted octanol–water partition coefficient (Wildman–Crippen LogP) is 2.50. The lowest BCUT2D eigenvalue weighted by atomic mass is 10.1. The molecule has 20 heavy (non-hydrogen) atoms. The number of ether oxygens (including phenoxy) is 1. The van der Waals surface area contributed by atoms with Gasteiger partial charge in [-0.2, -0.15) is 0 Å². The minimum Gasteiger partial charge on any atom is -0.487 e. The van der Waals surface area contributed by atoms with Crippen LogP contribution in [0.4, 0.5) is 5.69 Å². The van der Waals surface area contributed by atoms with Gasteiger partial charge in [0, 0.05) is 11.6 Å². The van der Waals surface area contributed by atoms with Crippen LogP contribution in [0, 0.1) is 16.0 Å². The first-order chi connectivity index (χ1) is 9.49. The summed E-state index contributed by atoms with van der Waals surface area (Å²) >= 11 is 0. The molecule has 1 unspecified atom stereocenters. The summed E-state index contributed by atoms with van der Waals surface area (Å²) in [7, 11) is 0. The SMILES string of the molecule is CCCC(C)COc1ccc(C(N)=NO)cc1[N+](=O)[O-]. The first-order valence-corrected chi connectivity index (χ1v) is 6.38. The van der Waals surface area contributed by atoms with E-state index in [0.29, 0.717) is 12.5 Å². The Kier molecular flexibility index (Phi) is 5.76. The molecule has 0 fully saturated rings. The Hall–Kier alpha value is -2.31. The lowest BCUT2D eigenvalue weighted by Gasteiger charge is -2.12. The first-order valence-electron chi connectivity index (χ1n) is 6.38. The molecule has 0 radical (unpaired) electrons. The van der Waals surface area contributed by atoms with Gasteiger partial charge < -0.3 is 15.7 Å². The quantitative estimate of drug-likeness (QED) is 0.262. The number of rotatable bonds is 7. The van der Waals surface area contributed by atoms with Gasteiger partial charge in [-0.15, -0.1) is 0 Å². The van der Waals surface area contributed by atoms with Gasteiger partial charge in [0.05, 0.1) is 11.5 Å². The molecule has 0 spiro atoms. The van der Waals surface area contributed by atoms with Gasteiger partial charge in [-0.3, -0.25) is 10.1 Å². The number of hydrogen-bond acceptors (Lipinski definition) is 5. The molecule has 0 saturated heterocycles. The molecule has 1 atom stereocenters. The van der Waals surface area contributed by atoms with E-state index >= 15 is 0 Å². The smallest absolute Gasteiger partial charge is 0.311 e. The molecule has 110 valence electrons. The van der Waals surface area contributed by atoms with E-state index in [-0.39, 0.29) is 22.8 Å². The lowest BCUT2D eigenvalue weighted by molar-refractivity contribution is -0.385. The number of benzene rings is 1. The van der Waals surface area contributed by atoms with Crippen molar-refractivity contribution >= 4 is 11.5 Å². The molecule has 0 aliphatic rings. The second-order valence-electron chi connectivity index (χ2n) is 4.63. The minimum absolute atomic E-state index is 0.181. The Morgan fingerprint density at radius 3 is 2.85 bits per heavy atom. The Labute approximate surface area is 117 Å². The molecule has 7 heteroatoms. The van der Waals surface area contributed by atoms with Crippen LogP contribution in [-0.4, -0.2) is 22.6 Å². The average Bonchev–Trinajstić information content (AvgIpc) is 2.44. The Morgan fingerprint density at radius 2 is 2.30 bits per heavy atom. The van der Waals surface area contributed by atoms with E-state index in [2.05, 4.69) is 12.1 Å². The Morgan fingerprint density at radius 1 is 1.60 bits per heavy atom. The van der Waals surface area contributed by atoms with Crippen LogP contribution in [0.2, 0.25) is 0 Å². The molecule has 0 amide bonds. The molecule has 1 rings (SSSR count). The van der Waals surface area contributed by atoms with Crippen LogP contribution >= 0.6 is 0 Å². The maximum atomic E-state index is 11.0. The van der Waals surface area contributed by atoms with E-state index in [9.17, 15) is 10.1 Å². The summed E-state index contributed by atoms with van der Waals surface area (Å²) in [5.74, 6) is 0.329. The number of nitrogens with two attached hydrogens (primary N) is 1.